The van der Waals surface area contributed by atoms with Crippen molar-refractivity contribution in [2.75, 3.05) is 0 Å². The van der Waals surface area contributed by atoms with Crippen molar-refractivity contribution in [2.45, 2.75) is 20.8 Å². The Bertz CT molecular complexity index is 370. The van der Waals surface area contributed by atoms with Crippen LogP contribution in [0.15, 0.2) is 24.5 Å². The first-order valence-electron chi connectivity index (χ1n) is 4.57. The second-order valence-electron chi connectivity index (χ2n) is 2.37. The summed E-state index contributed by atoms with van der Waals surface area (Å²) in [5, 5.41) is 9.86. The molecule has 0 radical (unpaired) electrons. The highest BCUT2D eigenvalue weighted by atomic mass is 32.1. The van der Waals surface area contributed by atoms with Crippen molar-refractivity contribution in [3.8, 4) is 10.6 Å². The molecule has 0 bridgehead atoms. The number of aromatic nitrogens is 3. The maximum atomic E-state index is 4.01. The van der Waals surface area contributed by atoms with E-state index in [-0.39, 0.29) is 0 Å². The minimum absolute atomic E-state index is 0.931. The average molecular weight is 207 g/mol. The van der Waals surface area contributed by atoms with E-state index >= 15 is 0 Å². The van der Waals surface area contributed by atoms with Crippen molar-refractivity contribution < 1.29 is 0 Å². The lowest BCUT2D eigenvalue weighted by Crippen LogP contribution is -1.77. The number of nitrogens with zero attached hydrogens (tertiary/aromatic N) is 3. The van der Waals surface area contributed by atoms with Crippen LogP contribution in [0, 0.1) is 6.92 Å². The third kappa shape index (κ3) is 2.60. The molecule has 0 aromatic carbocycles. The fourth-order valence-corrected chi connectivity index (χ4v) is 1.58. The van der Waals surface area contributed by atoms with Crippen molar-refractivity contribution in [2.24, 2.45) is 0 Å². The van der Waals surface area contributed by atoms with Gasteiger partial charge in [-0.25, -0.2) is 0 Å². The van der Waals surface area contributed by atoms with Crippen molar-refractivity contribution in [1.82, 2.24) is 15.2 Å². The third-order valence-electron chi connectivity index (χ3n) is 1.43. The van der Waals surface area contributed by atoms with Crippen LogP contribution in [0.3, 0.4) is 0 Å². The molecular formula is C10H13N3S. The molecule has 0 atom stereocenters. The van der Waals surface area contributed by atoms with Gasteiger partial charge in [-0.1, -0.05) is 25.2 Å². The molecule has 4 heteroatoms. The van der Waals surface area contributed by atoms with Crippen LogP contribution in [0.1, 0.15) is 18.9 Å². The largest absolute Gasteiger partial charge is 0.264 e. The van der Waals surface area contributed by atoms with Gasteiger partial charge < -0.3 is 0 Å². The monoisotopic (exact) mass is 207 g/mol. The van der Waals surface area contributed by atoms with E-state index < -0.39 is 0 Å². The maximum Gasteiger partial charge on any atom is 0.149 e. The molecular weight excluding hydrogens is 194 g/mol. The summed E-state index contributed by atoms with van der Waals surface area (Å²) in [5.41, 5.74) is 1.03. The second-order valence-corrected chi connectivity index (χ2v) is 3.55. The normalized spacial score (nSPS) is 9.07. The van der Waals surface area contributed by atoms with Gasteiger partial charge in [-0.2, -0.15) is 0 Å². The van der Waals surface area contributed by atoms with E-state index in [4.69, 9.17) is 0 Å². The van der Waals surface area contributed by atoms with Gasteiger partial charge in [0.05, 0.1) is 0 Å². The van der Waals surface area contributed by atoms with E-state index in [1.54, 1.807) is 23.7 Å². The molecule has 0 aliphatic heterocycles. The molecule has 0 fully saturated rings. The predicted octanol–water partition coefficient (Wildman–Crippen LogP) is 2.93. The van der Waals surface area contributed by atoms with Crippen molar-refractivity contribution in [3.63, 3.8) is 0 Å². The van der Waals surface area contributed by atoms with Crippen molar-refractivity contribution in [3.05, 3.63) is 29.5 Å². The van der Waals surface area contributed by atoms with Gasteiger partial charge in [0, 0.05) is 18.0 Å². The molecule has 2 aromatic rings. The van der Waals surface area contributed by atoms with E-state index in [0.717, 1.165) is 15.6 Å². The summed E-state index contributed by atoms with van der Waals surface area (Å²) in [7, 11) is 0. The van der Waals surface area contributed by atoms with Crippen LogP contribution < -0.4 is 0 Å². The summed E-state index contributed by atoms with van der Waals surface area (Å²) in [6.45, 7) is 5.94. The molecule has 0 aliphatic carbocycles. The fourth-order valence-electron chi connectivity index (χ4n) is 0.902. The van der Waals surface area contributed by atoms with E-state index in [1.165, 1.54) is 0 Å². The highest BCUT2D eigenvalue weighted by Gasteiger charge is 2.01. The molecule has 0 unspecified atom stereocenters. The quantitative estimate of drug-likeness (QED) is 0.721. The smallest absolute Gasteiger partial charge is 0.149 e. The lowest BCUT2D eigenvalue weighted by molar-refractivity contribution is 1.05. The second kappa shape index (κ2) is 5.44. The minimum Gasteiger partial charge on any atom is -0.264 e. The molecule has 0 N–H and O–H groups in total. The maximum absolute atomic E-state index is 4.01. The number of rotatable bonds is 1. The first kappa shape index (κ1) is 10.8. The molecule has 74 valence electrons. The molecule has 3 nitrogen and oxygen atoms in total. The molecule has 0 aliphatic rings. The standard InChI is InChI=1S/C8H7N3S.C2H6/c1-6-10-11-8(12-6)7-3-2-4-9-5-7;1-2/h2-5H,1H3;1-2H3. The Hall–Kier alpha value is -1.29. The van der Waals surface area contributed by atoms with E-state index in [0.29, 0.717) is 0 Å². The zero-order chi connectivity index (χ0) is 10.4. The van der Waals surface area contributed by atoms with E-state index in [9.17, 15) is 0 Å². The minimum atomic E-state index is 0.931. The summed E-state index contributed by atoms with van der Waals surface area (Å²) in [4.78, 5) is 4.01. The van der Waals surface area contributed by atoms with E-state index in [2.05, 4.69) is 15.2 Å². The average Bonchev–Trinajstić information content (AvgIpc) is 2.69. The molecule has 2 heterocycles. The third-order valence-corrected chi connectivity index (χ3v) is 2.32. The summed E-state index contributed by atoms with van der Waals surface area (Å²) < 4.78 is 0. The summed E-state index contributed by atoms with van der Waals surface area (Å²) in [6.07, 6.45) is 3.54. The first-order chi connectivity index (χ1) is 6.86. The van der Waals surface area contributed by atoms with Gasteiger partial charge in [-0.3, -0.25) is 4.98 Å². The Morgan fingerprint density at radius 1 is 1.21 bits per heavy atom. The summed E-state index contributed by atoms with van der Waals surface area (Å²) in [5.74, 6) is 0. The van der Waals surface area contributed by atoms with Crippen LogP contribution in [0.25, 0.3) is 10.6 Å². The zero-order valence-electron chi connectivity index (χ0n) is 8.56. The zero-order valence-corrected chi connectivity index (χ0v) is 9.38. The summed E-state index contributed by atoms with van der Waals surface area (Å²) >= 11 is 1.58. The molecule has 0 spiro atoms. The van der Waals surface area contributed by atoms with Gasteiger partial charge in [0.25, 0.3) is 0 Å². The van der Waals surface area contributed by atoms with Crippen LogP contribution in [0.5, 0.6) is 0 Å². The lowest BCUT2D eigenvalue weighted by atomic mass is 10.3. The van der Waals surface area contributed by atoms with Crippen LogP contribution in [0.4, 0.5) is 0 Å². The number of hydrogen-bond donors (Lipinski definition) is 0. The van der Waals surface area contributed by atoms with E-state index in [1.807, 2.05) is 32.9 Å². The topological polar surface area (TPSA) is 38.7 Å². The Labute approximate surface area is 87.9 Å². The first-order valence-corrected chi connectivity index (χ1v) is 5.38. The van der Waals surface area contributed by atoms with Crippen molar-refractivity contribution >= 4 is 11.3 Å². The molecule has 0 amide bonds. The Kier molecular flexibility index (Phi) is 4.19. The van der Waals surface area contributed by atoms with Gasteiger partial charge in [-0.15, -0.1) is 10.2 Å². The molecule has 2 rings (SSSR count). The highest BCUT2D eigenvalue weighted by molar-refractivity contribution is 7.14. The lowest BCUT2D eigenvalue weighted by Gasteiger charge is -1.90. The predicted molar refractivity (Wildman–Crippen MR) is 59.2 cm³/mol. The Balaban J connectivity index is 0.000000461. The van der Waals surface area contributed by atoms with Gasteiger partial charge in [0.15, 0.2) is 0 Å². The Morgan fingerprint density at radius 3 is 2.50 bits per heavy atom. The number of pyridine rings is 1. The van der Waals surface area contributed by atoms with Crippen LogP contribution >= 0.6 is 11.3 Å². The SMILES string of the molecule is CC.Cc1nnc(-c2cccnc2)s1. The van der Waals surface area contributed by atoms with Crippen LogP contribution in [-0.2, 0) is 0 Å². The Morgan fingerprint density at radius 2 is 2.00 bits per heavy atom. The van der Waals surface area contributed by atoms with Gasteiger partial charge in [0.1, 0.15) is 10.0 Å². The molecule has 0 saturated heterocycles. The van der Waals surface area contributed by atoms with Crippen LogP contribution in [-0.4, -0.2) is 15.2 Å². The molecule has 2 aromatic heterocycles. The summed E-state index contributed by atoms with van der Waals surface area (Å²) in [6, 6.07) is 3.87. The highest BCUT2D eigenvalue weighted by Crippen LogP contribution is 2.21. The van der Waals surface area contributed by atoms with Gasteiger partial charge >= 0.3 is 0 Å². The molecule has 14 heavy (non-hydrogen) atoms. The van der Waals surface area contributed by atoms with Crippen LogP contribution in [0.2, 0.25) is 0 Å². The number of hydrogen-bond acceptors (Lipinski definition) is 4. The molecule has 0 saturated carbocycles. The van der Waals surface area contributed by atoms with Crippen molar-refractivity contribution in [1.29, 1.82) is 0 Å². The number of aryl methyl sites for hydroxylation is 1. The van der Waals surface area contributed by atoms with Gasteiger partial charge in [0.2, 0.25) is 0 Å². The van der Waals surface area contributed by atoms with Gasteiger partial charge in [-0.05, 0) is 19.1 Å². The fraction of sp³-hybridized carbons (Fsp3) is 0.300.